The van der Waals surface area contributed by atoms with Crippen molar-refractivity contribution in [3.05, 3.63) is 69.2 Å². The zero-order valence-electron chi connectivity index (χ0n) is 10.3. The zero-order valence-corrected chi connectivity index (χ0v) is 11.9. The Morgan fingerprint density at radius 3 is 2.58 bits per heavy atom. The van der Waals surface area contributed by atoms with E-state index in [0.29, 0.717) is 10.0 Å². The molecule has 1 N–H and O–H groups in total. The van der Waals surface area contributed by atoms with Crippen molar-refractivity contribution in [1.29, 1.82) is 0 Å². The largest absolute Gasteiger partial charge is 0.388 e. The number of hydrogen-bond donors (Lipinski definition) is 1. The molecule has 0 radical (unpaired) electrons. The van der Waals surface area contributed by atoms with E-state index in [9.17, 15) is 13.9 Å². The molecule has 0 fully saturated rings. The molecule has 0 spiro atoms. The van der Waals surface area contributed by atoms with Gasteiger partial charge in [0.25, 0.3) is 0 Å². The molecule has 0 saturated carbocycles. The molecule has 0 bridgehead atoms. The highest BCUT2D eigenvalue weighted by atomic mass is 79.9. The molecule has 19 heavy (non-hydrogen) atoms. The summed E-state index contributed by atoms with van der Waals surface area (Å²) < 4.78 is 27.5. The Morgan fingerprint density at radius 1 is 1.16 bits per heavy atom. The fourth-order valence-electron chi connectivity index (χ4n) is 1.98. The normalized spacial score (nSPS) is 12.5. The molecule has 1 nitrogen and oxygen atoms in total. The molecular formula is C15H13BrF2O. The van der Waals surface area contributed by atoms with Gasteiger partial charge in [-0.3, -0.25) is 0 Å². The van der Waals surface area contributed by atoms with Crippen LogP contribution in [0, 0.1) is 18.6 Å². The van der Waals surface area contributed by atoms with Gasteiger partial charge in [0, 0.05) is 16.5 Å². The van der Waals surface area contributed by atoms with E-state index in [1.54, 1.807) is 18.2 Å². The van der Waals surface area contributed by atoms with Crippen molar-refractivity contribution in [2.75, 3.05) is 0 Å². The first-order valence-electron chi connectivity index (χ1n) is 5.85. The van der Waals surface area contributed by atoms with Crippen molar-refractivity contribution in [3.63, 3.8) is 0 Å². The monoisotopic (exact) mass is 326 g/mol. The number of benzene rings is 2. The van der Waals surface area contributed by atoms with Gasteiger partial charge in [-0.25, -0.2) is 8.78 Å². The van der Waals surface area contributed by atoms with Gasteiger partial charge < -0.3 is 5.11 Å². The molecule has 0 aromatic heterocycles. The maximum atomic E-state index is 13.6. The molecule has 4 heteroatoms. The predicted molar refractivity (Wildman–Crippen MR) is 73.9 cm³/mol. The van der Waals surface area contributed by atoms with Gasteiger partial charge in [-0.05, 0) is 36.8 Å². The van der Waals surface area contributed by atoms with Gasteiger partial charge in [-0.2, -0.15) is 0 Å². The van der Waals surface area contributed by atoms with E-state index in [4.69, 9.17) is 0 Å². The van der Waals surface area contributed by atoms with E-state index in [1.807, 2.05) is 6.92 Å². The number of aliphatic hydroxyl groups excluding tert-OH is 1. The Kier molecular flexibility index (Phi) is 4.32. The Morgan fingerprint density at radius 2 is 1.89 bits per heavy atom. The van der Waals surface area contributed by atoms with Crippen LogP contribution in [-0.2, 0) is 6.42 Å². The van der Waals surface area contributed by atoms with E-state index < -0.39 is 11.9 Å². The second kappa shape index (κ2) is 5.80. The molecule has 2 rings (SSSR count). The minimum Gasteiger partial charge on any atom is -0.388 e. The highest BCUT2D eigenvalue weighted by molar-refractivity contribution is 9.10. The molecular weight excluding hydrogens is 314 g/mol. The molecule has 0 saturated heterocycles. The molecule has 0 amide bonds. The lowest BCUT2D eigenvalue weighted by atomic mass is 9.99. The molecule has 100 valence electrons. The standard InChI is InChI=1S/C15H13BrF2O/c1-9-2-3-14(18)13(4-9)15(19)7-10-5-11(16)8-12(17)6-10/h2-6,8,15,19H,7H2,1H3. The fraction of sp³-hybridized carbons (Fsp3) is 0.200. The van der Waals surface area contributed by atoms with Crippen LogP contribution in [0.25, 0.3) is 0 Å². The molecule has 2 aromatic rings. The first kappa shape index (κ1) is 14.2. The van der Waals surface area contributed by atoms with Crippen LogP contribution in [0.3, 0.4) is 0 Å². The summed E-state index contributed by atoms with van der Waals surface area (Å²) in [4.78, 5) is 0. The summed E-state index contributed by atoms with van der Waals surface area (Å²) >= 11 is 3.19. The molecule has 0 aliphatic rings. The lowest BCUT2D eigenvalue weighted by Crippen LogP contribution is -2.05. The van der Waals surface area contributed by atoms with Crippen LogP contribution in [0.4, 0.5) is 8.78 Å². The van der Waals surface area contributed by atoms with Gasteiger partial charge in [-0.1, -0.05) is 33.6 Å². The first-order valence-corrected chi connectivity index (χ1v) is 6.64. The molecule has 2 aromatic carbocycles. The highest BCUT2D eigenvalue weighted by Crippen LogP contribution is 2.24. The number of rotatable bonds is 3. The summed E-state index contributed by atoms with van der Waals surface area (Å²) in [5, 5.41) is 10.1. The SMILES string of the molecule is Cc1ccc(F)c(C(O)Cc2cc(F)cc(Br)c2)c1. The van der Waals surface area contributed by atoms with Crippen LogP contribution in [0.1, 0.15) is 22.8 Å². The third-order valence-corrected chi connectivity index (χ3v) is 3.32. The minimum atomic E-state index is -0.992. The maximum Gasteiger partial charge on any atom is 0.129 e. The first-order chi connectivity index (χ1) is 8.95. The number of hydrogen-bond acceptors (Lipinski definition) is 1. The van der Waals surface area contributed by atoms with E-state index in [1.165, 1.54) is 18.2 Å². The molecule has 0 aliphatic carbocycles. The van der Waals surface area contributed by atoms with Crippen molar-refractivity contribution < 1.29 is 13.9 Å². The van der Waals surface area contributed by atoms with Crippen molar-refractivity contribution in [1.82, 2.24) is 0 Å². The summed E-state index contributed by atoms with van der Waals surface area (Å²) in [6, 6.07) is 8.96. The number of aliphatic hydroxyl groups is 1. The third kappa shape index (κ3) is 3.61. The topological polar surface area (TPSA) is 20.2 Å². The third-order valence-electron chi connectivity index (χ3n) is 2.86. The number of aryl methyl sites for hydroxylation is 1. The molecule has 0 heterocycles. The summed E-state index contributed by atoms with van der Waals surface area (Å²) in [6.45, 7) is 1.83. The highest BCUT2D eigenvalue weighted by Gasteiger charge is 2.14. The molecule has 1 unspecified atom stereocenters. The van der Waals surface area contributed by atoms with Crippen molar-refractivity contribution in [3.8, 4) is 0 Å². The van der Waals surface area contributed by atoms with E-state index in [2.05, 4.69) is 15.9 Å². The number of halogens is 3. The van der Waals surface area contributed by atoms with Crippen LogP contribution < -0.4 is 0 Å². The van der Waals surface area contributed by atoms with Crippen molar-refractivity contribution in [2.45, 2.75) is 19.4 Å². The molecule has 0 aliphatic heterocycles. The lowest BCUT2D eigenvalue weighted by molar-refractivity contribution is 0.173. The van der Waals surface area contributed by atoms with Gasteiger partial charge in [0.05, 0.1) is 6.10 Å². The zero-order chi connectivity index (χ0) is 14.0. The Bertz CT molecular complexity index is 578. The van der Waals surface area contributed by atoms with Gasteiger partial charge in [0.1, 0.15) is 11.6 Å². The van der Waals surface area contributed by atoms with Gasteiger partial charge in [-0.15, -0.1) is 0 Å². The second-order valence-corrected chi connectivity index (χ2v) is 5.44. The van der Waals surface area contributed by atoms with Crippen LogP contribution in [-0.4, -0.2) is 5.11 Å². The smallest absolute Gasteiger partial charge is 0.129 e. The van der Waals surface area contributed by atoms with Crippen LogP contribution in [0.5, 0.6) is 0 Å². The Balaban J connectivity index is 2.25. The predicted octanol–water partition coefficient (Wildman–Crippen LogP) is 4.31. The quantitative estimate of drug-likeness (QED) is 0.891. The van der Waals surface area contributed by atoms with E-state index in [-0.39, 0.29) is 17.8 Å². The van der Waals surface area contributed by atoms with Gasteiger partial charge in [0.2, 0.25) is 0 Å². The summed E-state index contributed by atoms with van der Waals surface area (Å²) in [6.07, 6.45) is -0.829. The van der Waals surface area contributed by atoms with Crippen LogP contribution in [0.15, 0.2) is 40.9 Å². The van der Waals surface area contributed by atoms with E-state index in [0.717, 1.165) is 5.56 Å². The van der Waals surface area contributed by atoms with Crippen molar-refractivity contribution in [2.24, 2.45) is 0 Å². The summed E-state index contributed by atoms with van der Waals surface area (Å²) in [5.41, 5.74) is 1.72. The van der Waals surface area contributed by atoms with Gasteiger partial charge in [0.15, 0.2) is 0 Å². The van der Waals surface area contributed by atoms with E-state index >= 15 is 0 Å². The molecule has 1 atom stereocenters. The average molecular weight is 327 g/mol. The lowest BCUT2D eigenvalue weighted by Gasteiger charge is -2.13. The van der Waals surface area contributed by atoms with Gasteiger partial charge >= 0.3 is 0 Å². The summed E-state index contributed by atoms with van der Waals surface area (Å²) in [5.74, 6) is -0.838. The Labute approximate surface area is 119 Å². The summed E-state index contributed by atoms with van der Waals surface area (Å²) in [7, 11) is 0. The maximum absolute atomic E-state index is 13.6. The van der Waals surface area contributed by atoms with Crippen LogP contribution in [0.2, 0.25) is 0 Å². The second-order valence-electron chi connectivity index (χ2n) is 4.52. The average Bonchev–Trinajstić information content (AvgIpc) is 2.30. The fourth-order valence-corrected chi connectivity index (χ4v) is 2.49. The van der Waals surface area contributed by atoms with Crippen LogP contribution >= 0.6 is 15.9 Å². The van der Waals surface area contributed by atoms with Crippen molar-refractivity contribution >= 4 is 15.9 Å². The minimum absolute atomic E-state index is 0.163. The Hall–Kier alpha value is -1.26.